The zero-order chi connectivity index (χ0) is 22.8. The molecule has 6 heteroatoms. The summed E-state index contributed by atoms with van der Waals surface area (Å²) in [7, 11) is 0. The fourth-order valence-electron chi connectivity index (χ4n) is 4.30. The number of likely N-dealkylation sites (tertiary alicyclic amines) is 1. The van der Waals surface area contributed by atoms with Crippen LogP contribution in [0, 0.1) is 11.3 Å². The lowest BCUT2D eigenvalue weighted by Gasteiger charge is -2.51. The first-order chi connectivity index (χ1) is 14.5. The van der Waals surface area contributed by atoms with Crippen molar-refractivity contribution in [2.45, 2.75) is 45.8 Å². The standard InChI is InChI=1S/C25H31ClN2O3/c1-17(2)21(27-22(29)18-8-6-5-7-9-18)23(30)28-15-14-25(31,24(3,4)16-28)19-10-12-20(26)13-11-19/h5-13,17,21,31H,14-16H2,1-4H3,(H,27,29). The van der Waals surface area contributed by atoms with E-state index in [9.17, 15) is 14.7 Å². The molecule has 0 saturated carbocycles. The van der Waals surface area contributed by atoms with Crippen molar-refractivity contribution in [3.8, 4) is 0 Å². The van der Waals surface area contributed by atoms with Gasteiger partial charge in [-0.3, -0.25) is 9.59 Å². The van der Waals surface area contributed by atoms with Gasteiger partial charge in [0, 0.05) is 29.1 Å². The molecule has 2 aromatic rings. The Labute approximate surface area is 189 Å². The molecule has 2 N–H and O–H groups in total. The Morgan fingerprint density at radius 2 is 1.68 bits per heavy atom. The van der Waals surface area contributed by atoms with Gasteiger partial charge in [0.1, 0.15) is 6.04 Å². The molecule has 1 aliphatic heterocycles. The zero-order valence-corrected chi connectivity index (χ0v) is 19.3. The first-order valence-corrected chi connectivity index (χ1v) is 11.1. The van der Waals surface area contributed by atoms with Crippen LogP contribution in [0.1, 0.15) is 50.0 Å². The van der Waals surface area contributed by atoms with E-state index < -0.39 is 17.1 Å². The molecule has 1 saturated heterocycles. The molecule has 1 heterocycles. The van der Waals surface area contributed by atoms with Gasteiger partial charge in [-0.2, -0.15) is 0 Å². The van der Waals surface area contributed by atoms with E-state index in [1.807, 2.05) is 45.9 Å². The lowest BCUT2D eigenvalue weighted by Crippen LogP contribution is -2.60. The van der Waals surface area contributed by atoms with Gasteiger partial charge in [0.25, 0.3) is 5.91 Å². The average Bonchev–Trinajstić information content (AvgIpc) is 2.74. The highest BCUT2D eigenvalue weighted by Gasteiger charge is 2.50. The molecular weight excluding hydrogens is 412 g/mol. The number of amides is 2. The molecule has 2 amide bonds. The van der Waals surface area contributed by atoms with Crippen LogP contribution in [0.4, 0.5) is 0 Å². The minimum Gasteiger partial charge on any atom is -0.384 e. The molecule has 0 bridgehead atoms. The Morgan fingerprint density at radius 1 is 1.06 bits per heavy atom. The number of nitrogens with zero attached hydrogens (tertiary/aromatic N) is 1. The number of aliphatic hydroxyl groups is 1. The quantitative estimate of drug-likeness (QED) is 0.727. The van der Waals surface area contributed by atoms with Crippen LogP contribution in [0.2, 0.25) is 5.02 Å². The summed E-state index contributed by atoms with van der Waals surface area (Å²) in [5.74, 6) is -0.451. The number of hydrogen-bond donors (Lipinski definition) is 2. The Morgan fingerprint density at radius 3 is 2.23 bits per heavy atom. The van der Waals surface area contributed by atoms with E-state index >= 15 is 0 Å². The van der Waals surface area contributed by atoms with Crippen LogP contribution in [0.15, 0.2) is 54.6 Å². The number of carbonyl (C=O) groups is 2. The second kappa shape index (κ2) is 9.01. The van der Waals surface area contributed by atoms with Gasteiger partial charge < -0.3 is 15.3 Å². The summed E-state index contributed by atoms with van der Waals surface area (Å²) in [4.78, 5) is 27.8. The van der Waals surface area contributed by atoms with Gasteiger partial charge in [-0.1, -0.05) is 69.6 Å². The van der Waals surface area contributed by atoms with Gasteiger partial charge in [0.05, 0.1) is 5.60 Å². The molecule has 1 aliphatic rings. The number of hydrogen-bond acceptors (Lipinski definition) is 3. The third-order valence-electron chi connectivity index (χ3n) is 6.34. The second-order valence-corrected chi connectivity index (χ2v) is 9.76. The maximum absolute atomic E-state index is 13.4. The molecule has 1 fully saturated rings. The summed E-state index contributed by atoms with van der Waals surface area (Å²) < 4.78 is 0. The smallest absolute Gasteiger partial charge is 0.251 e. The molecule has 5 nitrogen and oxygen atoms in total. The van der Waals surface area contributed by atoms with Gasteiger partial charge in [-0.15, -0.1) is 0 Å². The Kier molecular flexibility index (Phi) is 6.77. The van der Waals surface area contributed by atoms with Gasteiger partial charge in [-0.05, 0) is 42.2 Å². The van der Waals surface area contributed by atoms with Crippen molar-refractivity contribution >= 4 is 23.4 Å². The Balaban J connectivity index is 1.77. The van der Waals surface area contributed by atoms with Gasteiger partial charge in [-0.25, -0.2) is 0 Å². The topological polar surface area (TPSA) is 69.6 Å². The minimum atomic E-state index is -1.07. The largest absolute Gasteiger partial charge is 0.384 e. The number of halogens is 1. The van der Waals surface area contributed by atoms with Gasteiger partial charge in [0.2, 0.25) is 5.91 Å². The van der Waals surface area contributed by atoms with Crippen LogP contribution in [0.3, 0.4) is 0 Å². The molecule has 166 valence electrons. The summed E-state index contributed by atoms with van der Waals surface area (Å²) in [6.45, 7) is 8.57. The summed E-state index contributed by atoms with van der Waals surface area (Å²) in [6, 6.07) is 15.5. The second-order valence-electron chi connectivity index (χ2n) is 9.32. The predicted molar refractivity (Wildman–Crippen MR) is 123 cm³/mol. The van der Waals surface area contributed by atoms with Gasteiger partial charge in [0.15, 0.2) is 0 Å². The van der Waals surface area contributed by atoms with Crippen molar-refractivity contribution in [2.75, 3.05) is 13.1 Å². The zero-order valence-electron chi connectivity index (χ0n) is 18.6. The maximum atomic E-state index is 13.4. The first kappa shape index (κ1) is 23.3. The van der Waals surface area contributed by atoms with E-state index in [4.69, 9.17) is 11.6 Å². The highest BCUT2D eigenvalue weighted by molar-refractivity contribution is 6.30. The molecule has 31 heavy (non-hydrogen) atoms. The highest BCUT2D eigenvalue weighted by Crippen LogP contribution is 2.46. The lowest BCUT2D eigenvalue weighted by atomic mass is 9.66. The normalized spacial score (nSPS) is 21.6. The molecular formula is C25H31ClN2O3. The monoisotopic (exact) mass is 442 g/mol. The summed E-state index contributed by atoms with van der Waals surface area (Å²) >= 11 is 6.01. The number of rotatable bonds is 5. The Hall–Kier alpha value is -2.37. The summed E-state index contributed by atoms with van der Waals surface area (Å²) in [5.41, 5.74) is -0.335. The van der Waals surface area contributed by atoms with E-state index in [0.717, 1.165) is 5.56 Å². The minimum absolute atomic E-state index is 0.0691. The molecule has 2 aromatic carbocycles. The van der Waals surface area contributed by atoms with Crippen LogP contribution in [-0.2, 0) is 10.4 Å². The molecule has 3 rings (SSSR count). The molecule has 0 aliphatic carbocycles. The molecule has 2 atom stereocenters. The van der Waals surface area contributed by atoms with Crippen molar-refractivity contribution in [1.29, 1.82) is 0 Å². The van der Waals surface area contributed by atoms with Crippen molar-refractivity contribution < 1.29 is 14.7 Å². The van der Waals surface area contributed by atoms with Crippen LogP contribution in [0.25, 0.3) is 0 Å². The third-order valence-corrected chi connectivity index (χ3v) is 6.59. The molecule has 0 aromatic heterocycles. The van der Waals surface area contributed by atoms with E-state index in [1.54, 1.807) is 41.3 Å². The predicted octanol–water partition coefficient (Wildman–Crippen LogP) is 4.24. The fraction of sp³-hybridized carbons (Fsp3) is 0.440. The molecule has 2 unspecified atom stereocenters. The van der Waals surface area contributed by atoms with Crippen molar-refractivity contribution in [1.82, 2.24) is 10.2 Å². The van der Waals surface area contributed by atoms with Gasteiger partial charge >= 0.3 is 0 Å². The molecule has 0 spiro atoms. The Bertz CT molecular complexity index is 928. The fourth-order valence-corrected chi connectivity index (χ4v) is 4.42. The summed E-state index contributed by atoms with van der Waals surface area (Å²) in [6.07, 6.45) is 0.408. The number of benzene rings is 2. The highest BCUT2D eigenvalue weighted by atomic mass is 35.5. The lowest BCUT2D eigenvalue weighted by molar-refractivity contribution is -0.155. The number of piperidine rings is 1. The average molecular weight is 443 g/mol. The van der Waals surface area contributed by atoms with Crippen molar-refractivity contribution in [2.24, 2.45) is 11.3 Å². The molecule has 0 radical (unpaired) electrons. The van der Waals surface area contributed by atoms with E-state index in [2.05, 4.69) is 5.32 Å². The van der Waals surface area contributed by atoms with Crippen LogP contribution < -0.4 is 5.32 Å². The maximum Gasteiger partial charge on any atom is 0.251 e. The van der Waals surface area contributed by atoms with Crippen LogP contribution >= 0.6 is 11.6 Å². The first-order valence-electron chi connectivity index (χ1n) is 10.7. The number of carbonyl (C=O) groups excluding carboxylic acids is 2. The third kappa shape index (κ3) is 4.78. The van der Waals surface area contributed by atoms with E-state index in [0.29, 0.717) is 30.1 Å². The van der Waals surface area contributed by atoms with Crippen molar-refractivity contribution in [3.63, 3.8) is 0 Å². The number of nitrogens with one attached hydrogen (secondary N) is 1. The summed E-state index contributed by atoms with van der Waals surface area (Å²) in [5, 5.41) is 15.1. The van der Waals surface area contributed by atoms with E-state index in [1.165, 1.54) is 0 Å². The van der Waals surface area contributed by atoms with Crippen molar-refractivity contribution in [3.05, 3.63) is 70.7 Å². The van der Waals surface area contributed by atoms with Crippen LogP contribution in [0.5, 0.6) is 0 Å². The SMILES string of the molecule is CC(C)C(NC(=O)c1ccccc1)C(=O)N1CCC(O)(c2ccc(Cl)cc2)C(C)(C)C1. The van der Waals surface area contributed by atoms with Crippen LogP contribution in [-0.4, -0.2) is 41.0 Å². The van der Waals surface area contributed by atoms with E-state index in [-0.39, 0.29) is 17.7 Å².